The van der Waals surface area contributed by atoms with Crippen LogP contribution in [0.3, 0.4) is 0 Å². The molecule has 0 saturated carbocycles. The van der Waals surface area contributed by atoms with Gasteiger partial charge in [-0.05, 0) is 25.0 Å². The summed E-state index contributed by atoms with van der Waals surface area (Å²) in [5, 5.41) is 32.5. The monoisotopic (exact) mass is 473 g/mol. The van der Waals surface area contributed by atoms with E-state index >= 15 is 0 Å². The maximum absolute atomic E-state index is 13.9. The average molecular weight is 474 g/mol. The van der Waals surface area contributed by atoms with Gasteiger partial charge in [-0.25, -0.2) is 9.37 Å². The lowest BCUT2D eigenvalue weighted by molar-refractivity contribution is 0.248. The van der Waals surface area contributed by atoms with Gasteiger partial charge in [0.2, 0.25) is 0 Å². The zero-order valence-corrected chi connectivity index (χ0v) is 18.5. The van der Waals surface area contributed by atoms with Crippen LogP contribution in [-0.4, -0.2) is 45.2 Å². The van der Waals surface area contributed by atoms with Crippen LogP contribution in [0.5, 0.6) is 0 Å². The number of anilines is 2. The molecule has 0 amide bonds. The van der Waals surface area contributed by atoms with Crippen LogP contribution in [0.4, 0.5) is 15.9 Å². The van der Waals surface area contributed by atoms with Gasteiger partial charge in [-0.3, -0.25) is 9.36 Å². The Balaban J connectivity index is 1.91. The third-order valence-corrected chi connectivity index (χ3v) is 5.39. The zero-order chi connectivity index (χ0) is 23.8. The number of halogens is 2. The minimum absolute atomic E-state index is 0.0540. The van der Waals surface area contributed by atoms with E-state index in [0.717, 1.165) is 6.21 Å². The van der Waals surface area contributed by atoms with E-state index in [-0.39, 0.29) is 42.2 Å². The highest BCUT2D eigenvalue weighted by Gasteiger charge is 2.15. The smallest absolute Gasteiger partial charge is 0.266 e. The zero-order valence-electron chi connectivity index (χ0n) is 17.8. The van der Waals surface area contributed by atoms with Crippen LogP contribution >= 0.6 is 11.6 Å². The second kappa shape index (κ2) is 11.6. The Hall–Kier alpha value is -3.27. The van der Waals surface area contributed by atoms with E-state index in [4.69, 9.17) is 17.0 Å². The molecule has 33 heavy (non-hydrogen) atoms. The number of hydrogen-bond acceptors (Lipinski definition) is 7. The molecule has 10 heteroatoms. The van der Waals surface area contributed by atoms with Crippen LogP contribution in [0.25, 0.3) is 5.69 Å². The van der Waals surface area contributed by atoms with Gasteiger partial charge >= 0.3 is 0 Å². The molecule has 3 aromatic rings. The van der Waals surface area contributed by atoms with Crippen molar-refractivity contribution in [2.24, 2.45) is 0 Å². The van der Waals surface area contributed by atoms with Crippen molar-refractivity contribution in [1.82, 2.24) is 9.55 Å². The maximum atomic E-state index is 13.9. The van der Waals surface area contributed by atoms with Gasteiger partial charge in [-0.2, -0.15) is 0 Å². The number of aliphatic hydroxyl groups is 2. The van der Waals surface area contributed by atoms with Gasteiger partial charge in [-0.1, -0.05) is 29.8 Å². The van der Waals surface area contributed by atoms with E-state index in [0.29, 0.717) is 35.6 Å². The highest BCUT2D eigenvalue weighted by Crippen LogP contribution is 2.23. The molecule has 0 aliphatic heterocycles. The van der Waals surface area contributed by atoms with E-state index < -0.39 is 5.56 Å². The second-order valence-corrected chi connectivity index (χ2v) is 7.70. The molecule has 8 nitrogen and oxygen atoms in total. The molecule has 0 radical (unpaired) electrons. The number of aliphatic hydroxyl groups excluding tert-OH is 2. The fourth-order valence-corrected chi connectivity index (χ4v) is 3.56. The molecular formula is C23H25ClFN5O3. The number of aromatic nitrogens is 2. The summed E-state index contributed by atoms with van der Waals surface area (Å²) in [6.45, 7) is 0.0430. The Morgan fingerprint density at radius 3 is 2.61 bits per heavy atom. The minimum atomic E-state index is -0.482. The molecule has 1 aromatic carbocycles. The first-order chi connectivity index (χ1) is 16.0. The summed E-state index contributed by atoms with van der Waals surface area (Å²) in [7, 11) is 0. The second-order valence-electron chi connectivity index (χ2n) is 7.29. The predicted octanol–water partition coefficient (Wildman–Crippen LogP) is 3.18. The summed E-state index contributed by atoms with van der Waals surface area (Å²) < 4.78 is 15.2. The summed E-state index contributed by atoms with van der Waals surface area (Å²) in [5.41, 5.74) is 0.795. The number of nitrogens with one attached hydrogen (secondary N) is 3. The van der Waals surface area contributed by atoms with Gasteiger partial charge < -0.3 is 26.3 Å². The molecule has 3 rings (SSSR count). The molecule has 5 N–H and O–H groups in total. The highest BCUT2D eigenvalue weighted by molar-refractivity contribution is 6.32. The fourth-order valence-electron chi connectivity index (χ4n) is 3.37. The van der Waals surface area contributed by atoms with Crippen molar-refractivity contribution in [3.63, 3.8) is 0 Å². The largest absolute Gasteiger partial charge is 0.396 e. The summed E-state index contributed by atoms with van der Waals surface area (Å²) in [6, 6.07) is 9.31. The molecule has 2 heterocycles. The van der Waals surface area contributed by atoms with E-state index in [1.54, 1.807) is 30.3 Å². The van der Waals surface area contributed by atoms with Crippen molar-refractivity contribution >= 4 is 29.3 Å². The summed E-state index contributed by atoms with van der Waals surface area (Å²) >= 11 is 6.31. The first kappa shape index (κ1) is 24.4. The number of benzene rings is 1. The fraction of sp³-hybridized carbons (Fsp3) is 0.261. The van der Waals surface area contributed by atoms with Crippen molar-refractivity contribution in [1.29, 1.82) is 5.41 Å². The van der Waals surface area contributed by atoms with Crippen molar-refractivity contribution < 1.29 is 14.6 Å². The van der Waals surface area contributed by atoms with Gasteiger partial charge in [0.1, 0.15) is 11.6 Å². The molecule has 0 aliphatic carbocycles. The molecule has 2 aromatic heterocycles. The summed E-state index contributed by atoms with van der Waals surface area (Å²) in [6.07, 6.45) is 4.69. The molecule has 0 unspecified atom stereocenters. The Bertz CT molecular complexity index is 1170. The third kappa shape index (κ3) is 5.95. The standard InChI is InChI=1S/C23H25ClFN5O3/c24-18-14-28-22(29-16(6-9-31)7-10-32)11-21(18)30-8-5-20(17(12-26)23(30)33)27-13-15-3-1-2-4-19(15)25/h1-5,8,11-12,14,16,26-27,31-32H,6-7,9-10,13H2,(H,28,29). The van der Waals surface area contributed by atoms with Crippen molar-refractivity contribution in [2.75, 3.05) is 23.8 Å². The first-order valence-electron chi connectivity index (χ1n) is 10.4. The van der Waals surface area contributed by atoms with Gasteiger partial charge in [0.15, 0.2) is 0 Å². The lowest BCUT2D eigenvalue weighted by atomic mass is 10.1. The molecule has 0 atom stereocenters. The molecule has 174 valence electrons. The molecule has 0 fully saturated rings. The Morgan fingerprint density at radius 1 is 1.21 bits per heavy atom. The lowest BCUT2D eigenvalue weighted by Crippen LogP contribution is -2.25. The van der Waals surface area contributed by atoms with E-state index in [1.807, 2.05) is 0 Å². The number of rotatable bonds is 11. The SMILES string of the molecule is N=Cc1c(NCc2ccccc2F)ccn(-c2cc(NC(CCO)CCO)ncc2Cl)c1=O. The maximum Gasteiger partial charge on any atom is 0.266 e. The Morgan fingerprint density at radius 2 is 1.94 bits per heavy atom. The van der Waals surface area contributed by atoms with Gasteiger partial charge in [-0.15, -0.1) is 0 Å². The average Bonchev–Trinajstić information content (AvgIpc) is 2.80. The normalized spacial score (nSPS) is 10.9. The van der Waals surface area contributed by atoms with Gasteiger partial charge in [0.05, 0.1) is 28.2 Å². The Labute approximate surface area is 195 Å². The number of hydrogen-bond donors (Lipinski definition) is 5. The minimum Gasteiger partial charge on any atom is -0.396 e. The first-order valence-corrected chi connectivity index (χ1v) is 10.7. The molecule has 0 aliphatic rings. The van der Waals surface area contributed by atoms with Crippen LogP contribution in [0.15, 0.2) is 53.6 Å². The number of nitrogens with zero attached hydrogens (tertiary/aromatic N) is 2. The molecular weight excluding hydrogens is 449 g/mol. The third-order valence-electron chi connectivity index (χ3n) is 5.10. The molecule has 0 bridgehead atoms. The number of pyridine rings is 2. The summed E-state index contributed by atoms with van der Waals surface area (Å²) in [4.78, 5) is 17.3. The molecule has 0 spiro atoms. The van der Waals surface area contributed by atoms with Gasteiger partial charge in [0, 0.05) is 49.8 Å². The topological polar surface area (TPSA) is 123 Å². The van der Waals surface area contributed by atoms with Crippen molar-refractivity contribution in [2.45, 2.75) is 25.4 Å². The highest BCUT2D eigenvalue weighted by atomic mass is 35.5. The van der Waals surface area contributed by atoms with Crippen molar-refractivity contribution in [3.05, 3.63) is 81.1 Å². The van der Waals surface area contributed by atoms with Crippen LogP contribution in [0.1, 0.15) is 24.0 Å². The van der Waals surface area contributed by atoms with Crippen LogP contribution in [0, 0.1) is 11.2 Å². The lowest BCUT2D eigenvalue weighted by Gasteiger charge is -2.19. The van der Waals surface area contributed by atoms with Crippen LogP contribution in [-0.2, 0) is 6.54 Å². The van der Waals surface area contributed by atoms with E-state index in [2.05, 4.69) is 15.6 Å². The Kier molecular flexibility index (Phi) is 8.53. The van der Waals surface area contributed by atoms with E-state index in [9.17, 15) is 19.4 Å². The quantitative estimate of drug-likeness (QED) is 0.272. The van der Waals surface area contributed by atoms with Crippen molar-refractivity contribution in [3.8, 4) is 5.69 Å². The van der Waals surface area contributed by atoms with Gasteiger partial charge in [0.25, 0.3) is 5.56 Å². The van der Waals surface area contributed by atoms with Crippen LogP contribution < -0.4 is 16.2 Å². The molecule has 0 saturated heterocycles. The summed E-state index contributed by atoms with van der Waals surface area (Å²) in [5.74, 6) is 0.0606. The van der Waals surface area contributed by atoms with Crippen LogP contribution in [0.2, 0.25) is 5.02 Å². The predicted molar refractivity (Wildman–Crippen MR) is 127 cm³/mol. The van der Waals surface area contributed by atoms with E-state index in [1.165, 1.54) is 23.0 Å².